The molecule has 3 aromatic heterocycles. The number of rotatable bonds is 6. The summed E-state index contributed by atoms with van der Waals surface area (Å²) in [6, 6.07) is 8.49. The molecule has 4 aromatic rings. The Bertz CT molecular complexity index is 1470. The molecular formula is C26H20F5N5O3. The first-order valence-electron chi connectivity index (χ1n) is 11.5. The van der Waals surface area contributed by atoms with Crippen molar-refractivity contribution < 1.29 is 36.6 Å². The van der Waals surface area contributed by atoms with Crippen LogP contribution >= 0.6 is 0 Å². The number of pyridine rings is 1. The molecule has 0 atom stereocenters. The number of benzene rings is 1. The average molecular weight is 545 g/mol. The Morgan fingerprint density at radius 2 is 1.69 bits per heavy atom. The van der Waals surface area contributed by atoms with Gasteiger partial charge in [-0.15, -0.1) is 0 Å². The van der Waals surface area contributed by atoms with E-state index in [4.69, 9.17) is 9.90 Å². The van der Waals surface area contributed by atoms with E-state index in [1.807, 2.05) is 22.9 Å². The largest absolute Gasteiger partial charge is 0.490 e. The van der Waals surface area contributed by atoms with Crippen molar-refractivity contribution in [2.75, 3.05) is 5.32 Å². The number of carboxylic acid groups (broad SMARTS) is 1. The lowest BCUT2D eigenvalue weighted by Crippen LogP contribution is -2.21. The number of halogens is 5. The number of aliphatic carboxylic acids is 1. The van der Waals surface area contributed by atoms with E-state index >= 15 is 0 Å². The van der Waals surface area contributed by atoms with Gasteiger partial charge in [-0.05, 0) is 49.1 Å². The van der Waals surface area contributed by atoms with Crippen LogP contribution in [0.5, 0.6) is 0 Å². The lowest BCUT2D eigenvalue weighted by atomic mass is 10.1. The zero-order valence-electron chi connectivity index (χ0n) is 20.0. The standard InChI is InChI=1S/C24H19F2N5O.C2HF3O2/c25-19-5-6-21(20(26)9-19)30-24(32)22-8-17(14-31(22)13-15-3-4-15)18-11-28-23(29-12-18)16-2-1-7-27-10-16;3-2(4,5)1(6)7/h1-2,5-12,14-15H,3-4,13H2,(H,30,32);(H,6,7). The molecule has 13 heteroatoms. The van der Waals surface area contributed by atoms with E-state index in [9.17, 15) is 26.7 Å². The number of carbonyl (C=O) groups is 2. The summed E-state index contributed by atoms with van der Waals surface area (Å²) in [6.45, 7) is 0.698. The predicted molar refractivity (Wildman–Crippen MR) is 129 cm³/mol. The highest BCUT2D eigenvalue weighted by Gasteiger charge is 2.38. The Morgan fingerprint density at radius 1 is 1.00 bits per heavy atom. The number of carbonyl (C=O) groups excluding carboxylic acids is 1. The van der Waals surface area contributed by atoms with Crippen LogP contribution in [0.4, 0.5) is 27.6 Å². The fourth-order valence-electron chi connectivity index (χ4n) is 3.49. The quantitative estimate of drug-likeness (QED) is 0.306. The highest BCUT2D eigenvalue weighted by Crippen LogP contribution is 2.33. The van der Waals surface area contributed by atoms with Gasteiger partial charge in [-0.3, -0.25) is 9.78 Å². The van der Waals surface area contributed by atoms with E-state index < -0.39 is 29.7 Å². The van der Waals surface area contributed by atoms with Crippen molar-refractivity contribution >= 4 is 17.6 Å². The Morgan fingerprint density at radius 3 is 2.26 bits per heavy atom. The molecule has 8 nitrogen and oxygen atoms in total. The van der Waals surface area contributed by atoms with E-state index in [2.05, 4.69) is 20.3 Å². The van der Waals surface area contributed by atoms with Crippen LogP contribution in [0.15, 0.2) is 67.4 Å². The van der Waals surface area contributed by atoms with Crippen LogP contribution in [0.1, 0.15) is 23.3 Å². The summed E-state index contributed by atoms with van der Waals surface area (Å²) in [7, 11) is 0. The molecule has 0 aliphatic heterocycles. The lowest BCUT2D eigenvalue weighted by molar-refractivity contribution is -0.192. The molecule has 1 saturated carbocycles. The van der Waals surface area contributed by atoms with E-state index in [-0.39, 0.29) is 5.69 Å². The number of aromatic nitrogens is 4. The Balaban J connectivity index is 0.000000448. The molecule has 0 saturated heterocycles. The lowest BCUT2D eigenvalue weighted by Gasteiger charge is -2.10. The fourth-order valence-corrected chi connectivity index (χ4v) is 3.49. The average Bonchev–Trinajstić information content (AvgIpc) is 3.62. The third-order valence-corrected chi connectivity index (χ3v) is 5.61. The summed E-state index contributed by atoms with van der Waals surface area (Å²) in [5.74, 6) is -3.66. The third kappa shape index (κ3) is 7.21. The van der Waals surface area contributed by atoms with Gasteiger partial charge in [-0.2, -0.15) is 13.2 Å². The SMILES string of the molecule is O=C(Nc1ccc(F)cc1F)c1cc(-c2cnc(-c3cccnc3)nc2)cn1CC1CC1.O=C(O)C(F)(F)F. The maximum absolute atomic E-state index is 14.0. The van der Waals surface area contributed by atoms with Gasteiger partial charge in [-0.1, -0.05) is 0 Å². The third-order valence-electron chi connectivity index (χ3n) is 5.61. The van der Waals surface area contributed by atoms with Crippen LogP contribution in [0.3, 0.4) is 0 Å². The molecule has 1 fully saturated rings. The molecule has 0 bridgehead atoms. The molecule has 1 aromatic carbocycles. The molecule has 39 heavy (non-hydrogen) atoms. The maximum Gasteiger partial charge on any atom is 0.490 e. The Hall–Kier alpha value is -4.68. The molecule has 3 heterocycles. The second-order valence-electron chi connectivity index (χ2n) is 8.63. The number of hydrogen-bond acceptors (Lipinski definition) is 5. The van der Waals surface area contributed by atoms with Crippen LogP contribution in [0, 0.1) is 17.6 Å². The van der Waals surface area contributed by atoms with E-state index in [1.54, 1.807) is 30.9 Å². The zero-order chi connectivity index (χ0) is 28.2. The summed E-state index contributed by atoms with van der Waals surface area (Å²) in [5, 5.41) is 9.67. The topological polar surface area (TPSA) is 110 Å². The van der Waals surface area contributed by atoms with Crippen molar-refractivity contribution in [2.24, 2.45) is 5.92 Å². The molecule has 0 unspecified atom stereocenters. The molecule has 202 valence electrons. The molecule has 1 amide bonds. The van der Waals surface area contributed by atoms with Crippen molar-refractivity contribution in [3.05, 3.63) is 84.7 Å². The number of amides is 1. The molecule has 1 aliphatic carbocycles. The minimum absolute atomic E-state index is 0.0683. The summed E-state index contributed by atoms with van der Waals surface area (Å²) in [5.41, 5.74) is 2.68. The van der Waals surface area contributed by atoms with Gasteiger partial charge in [0.15, 0.2) is 5.82 Å². The van der Waals surface area contributed by atoms with E-state index in [0.29, 0.717) is 24.0 Å². The van der Waals surface area contributed by atoms with Gasteiger partial charge in [-0.25, -0.2) is 23.5 Å². The first kappa shape index (κ1) is 27.4. The minimum atomic E-state index is -5.08. The first-order valence-corrected chi connectivity index (χ1v) is 11.5. The first-order chi connectivity index (χ1) is 18.5. The van der Waals surface area contributed by atoms with Gasteiger partial charge < -0.3 is 15.0 Å². The number of alkyl halides is 3. The van der Waals surface area contributed by atoms with Gasteiger partial charge in [0.25, 0.3) is 5.91 Å². The maximum atomic E-state index is 14.0. The van der Waals surface area contributed by atoms with Crippen LogP contribution < -0.4 is 5.32 Å². The van der Waals surface area contributed by atoms with Crippen molar-refractivity contribution in [1.29, 1.82) is 0 Å². The number of nitrogens with one attached hydrogen (secondary N) is 1. The predicted octanol–water partition coefficient (Wildman–Crippen LogP) is 5.58. The van der Waals surface area contributed by atoms with Crippen molar-refractivity contribution in [3.63, 3.8) is 0 Å². The number of hydrogen-bond donors (Lipinski definition) is 2. The second-order valence-corrected chi connectivity index (χ2v) is 8.63. The van der Waals surface area contributed by atoms with Gasteiger partial charge in [0.05, 0.1) is 5.69 Å². The zero-order valence-corrected chi connectivity index (χ0v) is 20.0. The minimum Gasteiger partial charge on any atom is -0.475 e. The molecular weight excluding hydrogens is 525 g/mol. The highest BCUT2D eigenvalue weighted by atomic mass is 19.4. The Labute approximate surface area is 218 Å². The summed E-state index contributed by atoms with van der Waals surface area (Å²) in [6.07, 6.45) is 5.81. The fraction of sp³-hybridized carbons (Fsp3) is 0.192. The van der Waals surface area contributed by atoms with Gasteiger partial charge >= 0.3 is 12.1 Å². The van der Waals surface area contributed by atoms with Gasteiger partial charge in [0.2, 0.25) is 0 Å². The summed E-state index contributed by atoms with van der Waals surface area (Å²) in [4.78, 5) is 34.8. The van der Waals surface area contributed by atoms with Crippen LogP contribution in [0.2, 0.25) is 0 Å². The summed E-state index contributed by atoms with van der Waals surface area (Å²) < 4.78 is 60.8. The normalized spacial score (nSPS) is 12.8. The van der Waals surface area contributed by atoms with E-state index in [0.717, 1.165) is 41.7 Å². The van der Waals surface area contributed by atoms with Crippen molar-refractivity contribution in [3.8, 4) is 22.5 Å². The molecule has 0 spiro atoms. The van der Waals surface area contributed by atoms with Gasteiger partial charge in [0.1, 0.15) is 17.3 Å². The van der Waals surface area contributed by atoms with Crippen molar-refractivity contribution in [1.82, 2.24) is 19.5 Å². The van der Waals surface area contributed by atoms with Crippen LogP contribution in [-0.4, -0.2) is 42.7 Å². The second kappa shape index (κ2) is 11.4. The summed E-state index contributed by atoms with van der Waals surface area (Å²) >= 11 is 0. The molecule has 2 N–H and O–H groups in total. The Kier molecular flexibility index (Phi) is 7.98. The number of anilines is 1. The highest BCUT2D eigenvalue weighted by molar-refractivity contribution is 6.04. The number of carboxylic acids is 1. The van der Waals surface area contributed by atoms with Crippen LogP contribution in [0.25, 0.3) is 22.5 Å². The van der Waals surface area contributed by atoms with E-state index in [1.165, 1.54) is 6.07 Å². The number of nitrogens with zero attached hydrogens (tertiary/aromatic N) is 4. The smallest absolute Gasteiger partial charge is 0.475 e. The molecule has 5 rings (SSSR count). The van der Waals surface area contributed by atoms with Crippen LogP contribution in [-0.2, 0) is 11.3 Å². The monoisotopic (exact) mass is 545 g/mol. The van der Waals surface area contributed by atoms with Gasteiger partial charge in [0, 0.05) is 60.3 Å². The molecule has 1 aliphatic rings. The van der Waals surface area contributed by atoms with Crippen molar-refractivity contribution in [2.45, 2.75) is 25.6 Å². The molecule has 0 radical (unpaired) electrons.